The molecule has 17 heavy (non-hydrogen) atoms. The van der Waals surface area contributed by atoms with E-state index in [9.17, 15) is 0 Å². The largest absolute Gasteiger partial charge is 0.363 e. The average molecular weight is 223 g/mol. The molecule has 3 rings (SSSR count). The number of rotatable bonds is 2. The van der Waals surface area contributed by atoms with Crippen molar-refractivity contribution in [3.8, 4) is 0 Å². The summed E-state index contributed by atoms with van der Waals surface area (Å²) >= 11 is 0. The zero-order chi connectivity index (χ0) is 11.7. The predicted molar refractivity (Wildman–Crippen MR) is 68.6 cm³/mol. The van der Waals surface area contributed by atoms with E-state index in [1.807, 2.05) is 42.6 Å². The van der Waals surface area contributed by atoms with Crippen molar-refractivity contribution < 1.29 is 0 Å². The van der Waals surface area contributed by atoms with Crippen LogP contribution in [0.3, 0.4) is 0 Å². The highest BCUT2D eigenvalue weighted by Gasteiger charge is 2.09. The standard InChI is InChI=1S/C14H13N3/c15-14(13-4-2-8-17-13)11-5-6-12-10(9-11)3-1-7-16-12/h1-9,14,17H,15H2. The lowest BCUT2D eigenvalue weighted by Crippen LogP contribution is -2.12. The first-order chi connectivity index (χ1) is 8.34. The van der Waals surface area contributed by atoms with E-state index in [1.165, 1.54) is 0 Å². The molecule has 0 bridgehead atoms. The number of aromatic amines is 1. The maximum absolute atomic E-state index is 6.20. The van der Waals surface area contributed by atoms with Gasteiger partial charge in [0.2, 0.25) is 0 Å². The zero-order valence-corrected chi connectivity index (χ0v) is 9.30. The molecule has 0 spiro atoms. The van der Waals surface area contributed by atoms with Crippen molar-refractivity contribution in [1.82, 2.24) is 9.97 Å². The Kier molecular flexibility index (Phi) is 2.38. The zero-order valence-electron chi connectivity index (χ0n) is 9.30. The Balaban J connectivity index is 2.06. The molecule has 0 amide bonds. The van der Waals surface area contributed by atoms with Crippen LogP contribution < -0.4 is 5.73 Å². The molecular formula is C14H13N3. The van der Waals surface area contributed by atoms with Crippen LogP contribution in [0.1, 0.15) is 17.3 Å². The number of nitrogens with two attached hydrogens (primary N) is 1. The third-order valence-electron chi connectivity index (χ3n) is 2.94. The summed E-state index contributed by atoms with van der Waals surface area (Å²) in [6, 6.07) is 14.0. The van der Waals surface area contributed by atoms with E-state index in [4.69, 9.17) is 5.73 Å². The van der Waals surface area contributed by atoms with Crippen LogP contribution in [0.25, 0.3) is 10.9 Å². The number of benzene rings is 1. The number of fused-ring (bicyclic) bond motifs is 1. The van der Waals surface area contributed by atoms with Crippen molar-refractivity contribution in [2.45, 2.75) is 6.04 Å². The van der Waals surface area contributed by atoms with Crippen LogP contribution >= 0.6 is 0 Å². The van der Waals surface area contributed by atoms with Gasteiger partial charge in [0.1, 0.15) is 0 Å². The Morgan fingerprint density at radius 3 is 2.88 bits per heavy atom. The smallest absolute Gasteiger partial charge is 0.0704 e. The molecule has 3 nitrogen and oxygen atoms in total. The van der Waals surface area contributed by atoms with Crippen molar-refractivity contribution in [1.29, 1.82) is 0 Å². The Labute approximate surface area is 99.3 Å². The van der Waals surface area contributed by atoms with Crippen molar-refractivity contribution in [3.63, 3.8) is 0 Å². The second-order valence-electron chi connectivity index (χ2n) is 4.06. The fraction of sp³-hybridized carbons (Fsp3) is 0.0714. The lowest BCUT2D eigenvalue weighted by atomic mass is 10.0. The number of nitrogens with one attached hydrogen (secondary N) is 1. The van der Waals surface area contributed by atoms with Crippen LogP contribution in [-0.4, -0.2) is 9.97 Å². The summed E-state index contributed by atoms with van der Waals surface area (Å²) in [5.74, 6) is 0. The van der Waals surface area contributed by atoms with E-state index in [2.05, 4.69) is 16.0 Å². The van der Waals surface area contributed by atoms with Gasteiger partial charge in [-0.2, -0.15) is 0 Å². The fourth-order valence-corrected chi connectivity index (χ4v) is 2.00. The summed E-state index contributed by atoms with van der Waals surface area (Å²) in [7, 11) is 0. The van der Waals surface area contributed by atoms with E-state index in [1.54, 1.807) is 6.20 Å². The number of nitrogens with zero attached hydrogens (tertiary/aromatic N) is 1. The Hall–Kier alpha value is -2.13. The van der Waals surface area contributed by atoms with Gasteiger partial charge in [-0.3, -0.25) is 4.98 Å². The van der Waals surface area contributed by atoms with Gasteiger partial charge in [0.05, 0.1) is 11.6 Å². The number of hydrogen-bond donors (Lipinski definition) is 2. The molecule has 3 heteroatoms. The lowest BCUT2D eigenvalue weighted by molar-refractivity contribution is 0.840. The molecule has 2 aromatic heterocycles. The molecule has 2 heterocycles. The minimum atomic E-state index is -0.116. The SMILES string of the molecule is NC(c1ccc2ncccc2c1)c1ccc[nH]1. The Morgan fingerprint density at radius 2 is 2.06 bits per heavy atom. The topological polar surface area (TPSA) is 54.7 Å². The van der Waals surface area contributed by atoms with Crippen LogP contribution in [0.2, 0.25) is 0 Å². The minimum Gasteiger partial charge on any atom is -0.363 e. The molecule has 0 aliphatic carbocycles. The second-order valence-corrected chi connectivity index (χ2v) is 4.06. The van der Waals surface area contributed by atoms with Crippen LogP contribution in [-0.2, 0) is 0 Å². The maximum atomic E-state index is 6.20. The van der Waals surface area contributed by atoms with Crippen LogP contribution in [0, 0.1) is 0 Å². The van der Waals surface area contributed by atoms with E-state index in [0.29, 0.717) is 0 Å². The van der Waals surface area contributed by atoms with Crippen molar-refractivity contribution in [2.24, 2.45) is 5.73 Å². The highest BCUT2D eigenvalue weighted by atomic mass is 14.8. The molecule has 1 aromatic carbocycles. The van der Waals surface area contributed by atoms with Gasteiger partial charge in [-0.05, 0) is 35.9 Å². The first kappa shape index (κ1) is 10.1. The maximum Gasteiger partial charge on any atom is 0.0704 e. The normalized spacial score (nSPS) is 12.8. The van der Waals surface area contributed by atoms with Gasteiger partial charge >= 0.3 is 0 Å². The molecule has 0 aliphatic heterocycles. The van der Waals surface area contributed by atoms with E-state index < -0.39 is 0 Å². The molecule has 3 aromatic rings. The molecule has 0 saturated carbocycles. The lowest BCUT2D eigenvalue weighted by Gasteiger charge is -2.11. The monoisotopic (exact) mass is 223 g/mol. The molecule has 0 aliphatic rings. The summed E-state index contributed by atoms with van der Waals surface area (Å²) in [5, 5.41) is 1.12. The van der Waals surface area contributed by atoms with Gasteiger partial charge < -0.3 is 10.7 Å². The second kappa shape index (κ2) is 4.03. The molecule has 1 unspecified atom stereocenters. The summed E-state index contributed by atoms with van der Waals surface area (Å²) in [6.45, 7) is 0. The molecule has 0 fully saturated rings. The molecule has 0 radical (unpaired) electrons. The molecule has 3 N–H and O–H groups in total. The molecule has 0 saturated heterocycles. The van der Waals surface area contributed by atoms with Crippen LogP contribution in [0.5, 0.6) is 0 Å². The van der Waals surface area contributed by atoms with Gasteiger partial charge in [0.15, 0.2) is 0 Å². The minimum absolute atomic E-state index is 0.116. The van der Waals surface area contributed by atoms with Gasteiger partial charge in [-0.1, -0.05) is 12.1 Å². The van der Waals surface area contributed by atoms with Crippen molar-refractivity contribution in [2.75, 3.05) is 0 Å². The number of aromatic nitrogens is 2. The van der Waals surface area contributed by atoms with Gasteiger partial charge in [0, 0.05) is 23.5 Å². The number of pyridine rings is 1. The van der Waals surface area contributed by atoms with E-state index >= 15 is 0 Å². The Morgan fingerprint density at radius 1 is 1.12 bits per heavy atom. The summed E-state index contributed by atoms with van der Waals surface area (Å²) in [6.07, 6.45) is 3.69. The summed E-state index contributed by atoms with van der Waals surface area (Å²) in [4.78, 5) is 7.44. The van der Waals surface area contributed by atoms with Crippen molar-refractivity contribution >= 4 is 10.9 Å². The Bertz CT molecular complexity index is 629. The first-order valence-electron chi connectivity index (χ1n) is 5.58. The molecule has 1 atom stereocenters. The summed E-state index contributed by atoms with van der Waals surface area (Å²) in [5.41, 5.74) is 9.31. The molecular weight excluding hydrogens is 210 g/mol. The van der Waals surface area contributed by atoms with Crippen molar-refractivity contribution in [3.05, 3.63) is 66.1 Å². The highest BCUT2D eigenvalue weighted by molar-refractivity contribution is 5.79. The fourth-order valence-electron chi connectivity index (χ4n) is 2.00. The van der Waals surface area contributed by atoms with Gasteiger partial charge in [-0.25, -0.2) is 0 Å². The van der Waals surface area contributed by atoms with Gasteiger partial charge in [-0.15, -0.1) is 0 Å². The number of H-pyrrole nitrogens is 1. The predicted octanol–water partition coefficient (Wildman–Crippen LogP) is 2.61. The number of hydrogen-bond acceptors (Lipinski definition) is 2. The average Bonchev–Trinajstić information content (AvgIpc) is 2.91. The van der Waals surface area contributed by atoms with Crippen LogP contribution in [0.4, 0.5) is 0 Å². The summed E-state index contributed by atoms with van der Waals surface area (Å²) < 4.78 is 0. The highest BCUT2D eigenvalue weighted by Crippen LogP contribution is 2.21. The quantitative estimate of drug-likeness (QED) is 0.701. The van der Waals surface area contributed by atoms with Gasteiger partial charge in [0.25, 0.3) is 0 Å². The van der Waals surface area contributed by atoms with E-state index in [-0.39, 0.29) is 6.04 Å². The van der Waals surface area contributed by atoms with Crippen LogP contribution in [0.15, 0.2) is 54.9 Å². The third kappa shape index (κ3) is 1.81. The van der Waals surface area contributed by atoms with E-state index in [0.717, 1.165) is 22.2 Å². The first-order valence-corrected chi connectivity index (χ1v) is 5.58. The molecule has 84 valence electrons. The third-order valence-corrected chi connectivity index (χ3v) is 2.94.